The molecule has 1 amide bonds. The van der Waals surface area contributed by atoms with Crippen LogP contribution in [0.5, 0.6) is 5.75 Å². The molecule has 6 heteroatoms. The third-order valence-corrected chi connectivity index (χ3v) is 3.60. The van der Waals surface area contributed by atoms with E-state index in [1.165, 1.54) is 11.3 Å². The van der Waals surface area contributed by atoms with Crippen molar-refractivity contribution in [3.8, 4) is 5.75 Å². The second-order valence-electron chi connectivity index (χ2n) is 4.27. The number of aromatic nitrogens is 1. The predicted octanol–water partition coefficient (Wildman–Crippen LogP) is 3.07. The third kappa shape index (κ3) is 3.27. The van der Waals surface area contributed by atoms with Crippen LogP contribution in [0.25, 0.3) is 0 Å². The van der Waals surface area contributed by atoms with Gasteiger partial charge in [0, 0.05) is 0 Å². The summed E-state index contributed by atoms with van der Waals surface area (Å²) >= 11 is 1.18. The van der Waals surface area contributed by atoms with Gasteiger partial charge < -0.3 is 15.8 Å². The maximum Gasteiger partial charge on any atom is 0.267 e. The molecule has 5 nitrogen and oxygen atoms in total. The molecular weight excluding hydrogens is 274 g/mol. The molecule has 0 fully saturated rings. The van der Waals surface area contributed by atoms with Crippen LogP contribution in [0.3, 0.4) is 0 Å². The second-order valence-corrected chi connectivity index (χ2v) is 5.30. The van der Waals surface area contributed by atoms with E-state index in [9.17, 15) is 4.79 Å². The Morgan fingerprint density at radius 3 is 2.85 bits per heavy atom. The Hall–Kier alpha value is -2.08. The number of thiazole rings is 1. The van der Waals surface area contributed by atoms with Crippen molar-refractivity contribution in [3.63, 3.8) is 0 Å². The lowest BCUT2D eigenvalue weighted by atomic mass is 10.2. The molecule has 3 N–H and O–H groups in total. The number of aryl methyl sites for hydroxylation is 1. The van der Waals surface area contributed by atoms with Crippen molar-refractivity contribution in [2.24, 2.45) is 0 Å². The summed E-state index contributed by atoms with van der Waals surface area (Å²) < 4.78 is 5.61. The molecule has 0 aliphatic carbocycles. The number of nitrogens with one attached hydrogen (secondary N) is 1. The summed E-state index contributed by atoms with van der Waals surface area (Å²) in [4.78, 5) is 16.8. The van der Waals surface area contributed by atoms with E-state index < -0.39 is 0 Å². The van der Waals surface area contributed by atoms with Crippen LogP contribution < -0.4 is 15.8 Å². The van der Waals surface area contributed by atoms with Crippen LogP contribution in [0.1, 0.15) is 28.7 Å². The number of anilines is 2. The Bertz CT molecular complexity index is 610. The highest BCUT2D eigenvalue weighted by atomic mass is 32.1. The number of nitrogens with two attached hydrogens (primary N) is 1. The number of nitrogens with zero attached hydrogens (tertiary/aromatic N) is 1. The van der Waals surface area contributed by atoms with Crippen molar-refractivity contribution < 1.29 is 9.53 Å². The number of carbonyl (C=O) groups is 1. The summed E-state index contributed by atoms with van der Waals surface area (Å²) in [6.07, 6.45) is 0.909. The Morgan fingerprint density at radius 1 is 1.45 bits per heavy atom. The van der Waals surface area contributed by atoms with Gasteiger partial charge in [-0.05, 0) is 25.5 Å². The number of benzene rings is 1. The minimum atomic E-state index is -0.218. The molecule has 0 saturated heterocycles. The SMILES string of the molecule is CCCOc1ccccc1NC(=O)c1sc(N)nc1C. The molecule has 0 atom stereocenters. The van der Waals surface area contributed by atoms with Crippen LogP contribution >= 0.6 is 11.3 Å². The molecule has 1 aromatic heterocycles. The Kier molecular flexibility index (Phi) is 4.57. The lowest BCUT2D eigenvalue weighted by Gasteiger charge is -2.11. The number of para-hydroxylation sites is 2. The van der Waals surface area contributed by atoms with Crippen LogP contribution in [-0.2, 0) is 0 Å². The molecular formula is C14H17N3O2S. The topological polar surface area (TPSA) is 77.2 Å². The lowest BCUT2D eigenvalue weighted by Crippen LogP contribution is -2.12. The molecule has 2 aromatic rings. The number of rotatable bonds is 5. The third-order valence-electron chi connectivity index (χ3n) is 2.62. The van der Waals surface area contributed by atoms with E-state index in [-0.39, 0.29) is 5.91 Å². The number of ether oxygens (including phenoxy) is 1. The van der Waals surface area contributed by atoms with Gasteiger partial charge in [-0.1, -0.05) is 30.4 Å². The number of hydrogen-bond acceptors (Lipinski definition) is 5. The summed E-state index contributed by atoms with van der Waals surface area (Å²) in [7, 11) is 0. The molecule has 0 aliphatic heterocycles. The molecule has 2 rings (SSSR count). The fraction of sp³-hybridized carbons (Fsp3) is 0.286. The van der Waals surface area contributed by atoms with Crippen LogP contribution in [0.4, 0.5) is 10.8 Å². The van der Waals surface area contributed by atoms with Gasteiger partial charge in [0.05, 0.1) is 18.0 Å². The highest BCUT2D eigenvalue weighted by Crippen LogP contribution is 2.26. The minimum absolute atomic E-state index is 0.218. The van der Waals surface area contributed by atoms with Gasteiger partial charge in [-0.3, -0.25) is 4.79 Å². The Morgan fingerprint density at radius 2 is 2.20 bits per heavy atom. The van der Waals surface area contributed by atoms with Crippen molar-refractivity contribution in [1.29, 1.82) is 0 Å². The molecule has 0 bridgehead atoms. The van der Waals surface area contributed by atoms with Gasteiger partial charge in [0.2, 0.25) is 0 Å². The number of amides is 1. The predicted molar refractivity (Wildman–Crippen MR) is 81.4 cm³/mol. The van der Waals surface area contributed by atoms with Gasteiger partial charge in [-0.15, -0.1) is 0 Å². The van der Waals surface area contributed by atoms with E-state index in [1.54, 1.807) is 6.92 Å². The zero-order valence-corrected chi connectivity index (χ0v) is 12.3. The van der Waals surface area contributed by atoms with Gasteiger partial charge in [0.25, 0.3) is 5.91 Å². The van der Waals surface area contributed by atoms with Gasteiger partial charge in [0.1, 0.15) is 10.6 Å². The first-order valence-corrected chi connectivity index (χ1v) is 7.19. The van der Waals surface area contributed by atoms with E-state index in [0.717, 1.165) is 6.42 Å². The van der Waals surface area contributed by atoms with Crippen molar-refractivity contribution >= 4 is 28.1 Å². The molecule has 1 aromatic carbocycles. The molecule has 20 heavy (non-hydrogen) atoms. The average Bonchev–Trinajstić information content (AvgIpc) is 2.77. The summed E-state index contributed by atoms with van der Waals surface area (Å²) in [5.41, 5.74) is 6.90. The highest BCUT2D eigenvalue weighted by molar-refractivity contribution is 7.17. The standard InChI is InChI=1S/C14H17N3O2S/c1-3-8-19-11-7-5-4-6-10(11)17-13(18)12-9(2)16-14(15)20-12/h4-7H,3,8H2,1-2H3,(H2,15,16)(H,17,18). The van der Waals surface area contributed by atoms with Gasteiger partial charge >= 0.3 is 0 Å². The highest BCUT2D eigenvalue weighted by Gasteiger charge is 2.15. The van der Waals surface area contributed by atoms with E-state index in [2.05, 4.69) is 10.3 Å². The van der Waals surface area contributed by atoms with E-state index >= 15 is 0 Å². The summed E-state index contributed by atoms with van der Waals surface area (Å²) in [6, 6.07) is 7.36. The maximum absolute atomic E-state index is 12.2. The quantitative estimate of drug-likeness (QED) is 0.887. The van der Waals surface area contributed by atoms with Crippen molar-refractivity contribution in [2.75, 3.05) is 17.7 Å². The minimum Gasteiger partial charge on any atom is -0.491 e. The van der Waals surface area contributed by atoms with E-state index in [4.69, 9.17) is 10.5 Å². The smallest absolute Gasteiger partial charge is 0.267 e. The summed E-state index contributed by atoms with van der Waals surface area (Å²) in [5.74, 6) is 0.446. The molecule has 0 unspecified atom stereocenters. The first kappa shape index (κ1) is 14.3. The lowest BCUT2D eigenvalue weighted by molar-refractivity contribution is 0.102. The normalized spacial score (nSPS) is 10.3. The first-order valence-electron chi connectivity index (χ1n) is 6.38. The molecule has 0 spiro atoms. The van der Waals surface area contributed by atoms with E-state index in [1.807, 2.05) is 31.2 Å². The number of hydrogen-bond donors (Lipinski definition) is 2. The van der Waals surface area contributed by atoms with Crippen LogP contribution in [0.15, 0.2) is 24.3 Å². The Balaban J connectivity index is 2.17. The second kappa shape index (κ2) is 6.38. The molecule has 0 saturated carbocycles. The van der Waals surface area contributed by atoms with Crippen molar-refractivity contribution in [1.82, 2.24) is 4.98 Å². The van der Waals surface area contributed by atoms with Crippen LogP contribution in [0.2, 0.25) is 0 Å². The van der Waals surface area contributed by atoms with Gasteiger partial charge in [0.15, 0.2) is 5.13 Å². The van der Waals surface area contributed by atoms with Crippen LogP contribution in [-0.4, -0.2) is 17.5 Å². The summed E-state index contributed by atoms with van der Waals surface area (Å²) in [5, 5.41) is 3.23. The zero-order chi connectivity index (χ0) is 14.5. The average molecular weight is 291 g/mol. The monoisotopic (exact) mass is 291 g/mol. The molecule has 106 valence electrons. The molecule has 0 radical (unpaired) electrons. The summed E-state index contributed by atoms with van der Waals surface area (Å²) in [6.45, 7) is 4.41. The fourth-order valence-corrected chi connectivity index (χ4v) is 2.44. The van der Waals surface area contributed by atoms with Gasteiger partial charge in [-0.2, -0.15) is 0 Å². The van der Waals surface area contributed by atoms with Crippen molar-refractivity contribution in [2.45, 2.75) is 20.3 Å². The fourth-order valence-electron chi connectivity index (χ4n) is 1.71. The molecule has 1 heterocycles. The number of carbonyl (C=O) groups excluding carboxylic acids is 1. The van der Waals surface area contributed by atoms with Gasteiger partial charge in [-0.25, -0.2) is 4.98 Å². The first-order chi connectivity index (χ1) is 9.61. The largest absolute Gasteiger partial charge is 0.491 e. The maximum atomic E-state index is 12.2. The van der Waals surface area contributed by atoms with E-state index in [0.29, 0.717) is 33.7 Å². The zero-order valence-electron chi connectivity index (χ0n) is 11.5. The number of nitrogen functional groups attached to an aromatic ring is 1. The Labute approximate surface area is 121 Å². The van der Waals surface area contributed by atoms with Crippen molar-refractivity contribution in [3.05, 3.63) is 34.8 Å². The molecule has 0 aliphatic rings. The van der Waals surface area contributed by atoms with Crippen LogP contribution in [0, 0.1) is 6.92 Å².